The van der Waals surface area contributed by atoms with E-state index in [1.165, 1.54) is 37.3 Å². The number of nitrogens with zero attached hydrogens (tertiary/aromatic N) is 2. The summed E-state index contributed by atoms with van der Waals surface area (Å²) in [5.74, 6) is -1.74. The van der Waals surface area contributed by atoms with Gasteiger partial charge in [0.15, 0.2) is 17.3 Å². The molecular weight excluding hydrogens is 418 g/mol. The minimum absolute atomic E-state index is 0.0138. The number of rotatable bonds is 5. The van der Waals surface area contributed by atoms with Gasteiger partial charge in [-0.1, -0.05) is 12.1 Å². The highest BCUT2D eigenvalue weighted by atomic mass is 19.4. The number of aromatic nitrogens is 2. The molecule has 162 valence electrons. The molecule has 0 aliphatic carbocycles. The molecule has 10 heteroatoms. The summed E-state index contributed by atoms with van der Waals surface area (Å²) >= 11 is 0. The number of carbonyl (C=O) groups excluding carboxylic acids is 1. The molecule has 2 aromatic carbocycles. The molecule has 0 bridgehead atoms. The predicted molar refractivity (Wildman–Crippen MR) is 105 cm³/mol. The fourth-order valence-corrected chi connectivity index (χ4v) is 2.89. The van der Waals surface area contributed by atoms with Crippen molar-refractivity contribution >= 4 is 11.6 Å². The number of halogens is 4. The van der Waals surface area contributed by atoms with Gasteiger partial charge in [0.2, 0.25) is 5.43 Å². The molecule has 3 rings (SSSR count). The number of carbonyl (C=O) groups is 1. The quantitative estimate of drug-likeness (QED) is 0.605. The Labute approximate surface area is 174 Å². The van der Waals surface area contributed by atoms with Gasteiger partial charge in [0.25, 0.3) is 5.91 Å². The van der Waals surface area contributed by atoms with Gasteiger partial charge < -0.3 is 10.1 Å². The molecule has 0 spiro atoms. The Balaban J connectivity index is 2.00. The van der Waals surface area contributed by atoms with E-state index in [9.17, 15) is 27.2 Å². The molecule has 1 heterocycles. The van der Waals surface area contributed by atoms with Gasteiger partial charge in [-0.05, 0) is 38.1 Å². The van der Waals surface area contributed by atoms with Gasteiger partial charge in [0.05, 0.1) is 17.9 Å². The average Bonchev–Trinajstić information content (AvgIpc) is 2.69. The second-order valence-corrected chi connectivity index (χ2v) is 6.46. The van der Waals surface area contributed by atoms with Gasteiger partial charge >= 0.3 is 6.18 Å². The van der Waals surface area contributed by atoms with Crippen molar-refractivity contribution in [1.29, 1.82) is 0 Å². The third kappa shape index (κ3) is 4.73. The highest BCUT2D eigenvalue weighted by molar-refractivity contribution is 6.02. The number of hydrogen-bond donors (Lipinski definition) is 1. The monoisotopic (exact) mass is 435 g/mol. The van der Waals surface area contributed by atoms with Crippen LogP contribution in [0.25, 0.3) is 5.69 Å². The molecule has 0 aliphatic rings. The van der Waals surface area contributed by atoms with E-state index in [-0.39, 0.29) is 29.4 Å². The molecule has 0 saturated carbocycles. The lowest BCUT2D eigenvalue weighted by Gasteiger charge is -2.16. The average molecular weight is 435 g/mol. The summed E-state index contributed by atoms with van der Waals surface area (Å²) in [7, 11) is 0. The van der Waals surface area contributed by atoms with Crippen LogP contribution in [0.2, 0.25) is 0 Å². The van der Waals surface area contributed by atoms with Crippen LogP contribution in [-0.2, 0) is 6.18 Å². The van der Waals surface area contributed by atoms with Crippen LogP contribution in [0, 0.1) is 12.7 Å². The van der Waals surface area contributed by atoms with Gasteiger partial charge in [-0.3, -0.25) is 9.59 Å². The topological polar surface area (TPSA) is 73.2 Å². The SMILES string of the molecule is CCOc1ccc(NC(=O)c2nn(-c3ccccc3C(F)(F)F)c(C)cc2=O)cc1F. The van der Waals surface area contributed by atoms with E-state index in [1.54, 1.807) is 6.92 Å². The highest BCUT2D eigenvalue weighted by Crippen LogP contribution is 2.33. The summed E-state index contributed by atoms with van der Waals surface area (Å²) in [5.41, 5.74) is -2.62. The molecule has 0 radical (unpaired) electrons. The third-order valence-electron chi connectivity index (χ3n) is 4.25. The first-order valence-electron chi connectivity index (χ1n) is 9.13. The van der Waals surface area contributed by atoms with Crippen LogP contribution in [0.1, 0.15) is 28.7 Å². The number of aryl methyl sites for hydroxylation is 1. The van der Waals surface area contributed by atoms with Crippen molar-refractivity contribution in [1.82, 2.24) is 9.78 Å². The highest BCUT2D eigenvalue weighted by Gasteiger charge is 2.34. The van der Waals surface area contributed by atoms with Crippen molar-refractivity contribution in [3.05, 3.63) is 81.5 Å². The van der Waals surface area contributed by atoms with Crippen molar-refractivity contribution in [2.24, 2.45) is 0 Å². The molecular formula is C21H17F4N3O3. The van der Waals surface area contributed by atoms with Gasteiger partial charge in [-0.15, -0.1) is 0 Å². The van der Waals surface area contributed by atoms with Crippen LogP contribution < -0.4 is 15.5 Å². The molecule has 0 aliphatic heterocycles. The number of nitrogens with one attached hydrogen (secondary N) is 1. The number of anilines is 1. The Kier molecular flexibility index (Phi) is 6.09. The minimum atomic E-state index is -4.67. The van der Waals surface area contributed by atoms with E-state index in [4.69, 9.17) is 4.74 Å². The second-order valence-electron chi connectivity index (χ2n) is 6.46. The van der Waals surface area contributed by atoms with E-state index in [1.807, 2.05) is 0 Å². The third-order valence-corrected chi connectivity index (χ3v) is 4.25. The van der Waals surface area contributed by atoms with Crippen LogP contribution in [0.4, 0.5) is 23.2 Å². The lowest BCUT2D eigenvalue weighted by molar-refractivity contribution is -0.137. The summed E-state index contributed by atoms with van der Waals surface area (Å²) in [4.78, 5) is 24.9. The smallest absolute Gasteiger partial charge is 0.418 e. The van der Waals surface area contributed by atoms with Crippen molar-refractivity contribution in [2.45, 2.75) is 20.0 Å². The minimum Gasteiger partial charge on any atom is -0.491 e. The van der Waals surface area contributed by atoms with E-state index >= 15 is 0 Å². The second kappa shape index (κ2) is 8.58. The zero-order valence-electron chi connectivity index (χ0n) is 16.5. The molecule has 3 aromatic rings. The molecule has 0 atom stereocenters. The number of ether oxygens (including phenoxy) is 1. The largest absolute Gasteiger partial charge is 0.491 e. The van der Waals surface area contributed by atoms with Crippen LogP contribution in [0.5, 0.6) is 5.75 Å². The standard InChI is InChI=1S/C21H17F4N3O3/c1-3-31-18-9-8-13(11-15(18)22)26-20(30)19-17(29)10-12(2)28(27-19)16-7-5-4-6-14(16)21(23,24)25/h4-11H,3H2,1-2H3,(H,26,30). The Morgan fingerprint density at radius 3 is 2.52 bits per heavy atom. The Morgan fingerprint density at radius 1 is 1.16 bits per heavy atom. The zero-order valence-corrected chi connectivity index (χ0v) is 16.5. The van der Waals surface area contributed by atoms with E-state index < -0.39 is 34.6 Å². The molecule has 6 nitrogen and oxygen atoms in total. The fourth-order valence-electron chi connectivity index (χ4n) is 2.89. The molecule has 1 amide bonds. The maximum atomic E-state index is 14.0. The fraction of sp³-hybridized carbons (Fsp3) is 0.190. The first kappa shape index (κ1) is 22.0. The Hall–Kier alpha value is -3.69. The van der Waals surface area contributed by atoms with Gasteiger partial charge in [0, 0.05) is 23.5 Å². The number of hydrogen-bond acceptors (Lipinski definition) is 4. The van der Waals surface area contributed by atoms with Gasteiger partial charge in [-0.2, -0.15) is 18.3 Å². The van der Waals surface area contributed by atoms with Crippen molar-refractivity contribution in [2.75, 3.05) is 11.9 Å². The van der Waals surface area contributed by atoms with E-state index in [0.717, 1.165) is 22.9 Å². The van der Waals surface area contributed by atoms with Crippen LogP contribution >= 0.6 is 0 Å². The van der Waals surface area contributed by atoms with Crippen LogP contribution in [0.15, 0.2) is 53.3 Å². The van der Waals surface area contributed by atoms with E-state index in [0.29, 0.717) is 0 Å². The maximum absolute atomic E-state index is 14.0. The molecule has 0 unspecified atom stereocenters. The van der Waals surface area contributed by atoms with Crippen molar-refractivity contribution < 1.29 is 27.1 Å². The van der Waals surface area contributed by atoms with Gasteiger partial charge in [0.1, 0.15) is 0 Å². The Morgan fingerprint density at radius 2 is 1.87 bits per heavy atom. The predicted octanol–water partition coefficient (Wildman–Crippen LogP) is 4.35. The summed E-state index contributed by atoms with van der Waals surface area (Å²) < 4.78 is 60.1. The lowest BCUT2D eigenvalue weighted by Crippen LogP contribution is -2.27. The van der Waals surface area contributed by atoms with Crippen LogP contribution in [0.3, 0.4) is 0 Å². The summed E-state index contributed by atoms with van der Waals surface area (Å²) in [6, 6.07) is 9.31. The summed E-state index contributed by atoms with van der Waals surface area (Å²) in [5, 5.41) is 6.18. The number of alkyl halides is 3. The molecule has 31 heavy (non-hydrogen) atoms. The Bertz CT molecular complexity index is 1190. The zero-order chi connectivity index (χ0) is 22.8. The molecule has 1 N–H and O–H groups in total. The first-order valence-corrected chi connectivity index (χ1v) is 9.13. The number of amides is 1. The van der Waals surface area contributed by atoms with Crippen LogP contribution in [-0.4, -0.2) is 22.3 Å². The summed E-state index contributed by atoms with van der Waals surface area (Å²) in [6.07, 6.45) is -4.67. The van der Waals surface area contributed by atoms with E-state index in [2.05, 4.69) is 10.4 Å². The number of para-hydroxylation sites is 1. The normalized spacial score (nSPS) is 11.3. The first-order chi connectivity index (χ1) is 14.6. The van der Waals surface area contributed by atoms with Crippen molar-refractivity contribution in [3.63, 3.8) is 0 Å². The van der Waals surface area contributed by atoms with Crippen molar-refractivity contribution in [3.8, 4) is 11.4 Å². The molecule has 1 aromatic heterocycles. The maximum Gasteiger partial charge on any atom is 0.418 e. The molecule has 0 fully saturated rings. The van der Waals surface area contributed by atoms with Gasteiger partial charge in [-0.25, -0.2) is 9.07 Å². The molecule has 0 saturated heterocycles. The number of benzene rings is 2. The summed E-state index contributed by atoms with van der Waals surface area (Å²) in [6.45, 7) is 3.32. The lowest BCUT2D eigenvalue weighted by atomic mass is 10.1.